The summed E-state index contributed by atoms with van der Waals surface area (Å²) in [6.07, 6.45) is 0.526. The van der Waals surface area contributed by atoms with Crippen LogP contribution in [0.25, 0.3) is 21.7 Å². The van der Waals surface area contributed by atoms with Crippen LogP contribution in [-0.2, 0) is 16.0 Å². The quantitative estimate of drug-likeness (QED) is 0.412. The Morgan fingerprint density at radius 3 is 2.50 bits per heavy atom. The van der Waals surface area contributed by atoms with Crippen molar-refractivity contribution in [2.24, 2.45) is 0 Å². The van der Waals surface area contributed by atoms with Gasteiger partial charge in [0.15, 0.2) is 6.10 Å². The van der Waals surface area contributed by atoms with Crippen LogP contribution in [-0.4, -0.2) is 33.0 Å². The van der Waals surface area contributed by atoms with E-state index in [0.29, 0.717) is 22.0 Å². The number of fused-ring (bicyclic) bond motifs is 2. The molecule has 2 aromatic carbocycles. The third-order valence-electron chi connectivity index (χ3n) is 4.62. The third-order valence-corrected chi connectivity index (χ3v) is 4.62. The van der Waals surface area contributed by atoms with Gasteiger partial charge in [0.25, 0.3) is 5.56 Å². The van der Waals surface area contributed by atoms with Crippen LogP contribution < -0.4 is 5.56 Å². The highest BCUT2D eigenvalue weighted by molar-refractivity contribution is 6.10. The number of esters is 1. The number of ketones is 1. The number of hydrogen-bond donors (Lipinski definition) is 2. The molecule has 1 atom stereocenters. The normalized spacial score (nSPS) is 12.2. The van der Waals surface area contributed by atoms with Crippen molar-refractivity contribution in [3.63, 3.8) is 0 Å². The van der Waals surface area contributed by atoms with Gasteiger partial charge in [-0.3, -0.25) is 14.4 Å². The Hall–Kier alpha value is -3.74. The van der Waals surface area contributed by atoms with E-state index in [9.17, 15) is 14.4 Å². The summed E-state index contributed by atoms with van der Waals surface area (Å²) >= 11 is 0. The highest BCUT2D eigenvalue weighted by atomic mass is 16.5. The third kappa shape index (κ3) is 3.18. The highest BCUT2D eigenvalue weighted by Gasteiger charge is 2.23. The molecule has 0 saturated carbocycles. The second kappa shape index (κ2) is 7.11. The smallest absolute Gasteiger partial charge is 0.312 e. The lowest BCUT2D eigenvalue weighted by Crippen LogP contribution is -2.25. The van der Waals surface area contributed by atoms with Crippen LogP contribution in [0.15, 0.2) is 59.5 Å². The maximum atomic E-state index is 12.7. The number of nitrogens with zero attached hydrogens (tertiary/aromatic N) is 1. The molecule has 0 radical (unpaired) electrons. The molecule has 0 aliphatic carbocycles. The van der Waals surface area contributed by atoms with E-state index in [0.717, 1.165) is 10.9 Å². The molecule has 0 aliphatic rings. The Bertz CT molecular complexity index is 1260. The van der Waals surface area contributed by atoms with Gasteiger partial charge in [-0.1, -0.05) is 36.4 Å². The van der Waals surface area contributed by atoms with E-state index in [1.54, 1.807) is 37.4 Å². The summed E-state index contributed by atoms with van der Waals surface area (Å²) in [5, 5.41) is 8.15. The van der Waals surface area contributed by atoms with Crippen molar-refractivity contribution in [1.29, 1.82) is 0 Å². The lowest BCUT2D eigenvalue weighted by atomic mass is 10.1. The predicted octanol–water partition coefficient (Wildman–Crippen LogP) is 2.76. The van der Waals surface area contributed by atoms with Crippen molar-refractivity contribution in [3.8, 4) is 0 Å². The van der Waals surface area contributed by atoms with Gasteiger partial charge in [-0.15, -0.1) is 0 Å². The van der Waals surface area contributed by atoms with Crippen molar-refractivity contribution in [2.45, 2.75) is 19.4 Å². The number of nitrogens with one attached hydrogen (secondary N) is 2. The van der Waals surface area contributed by atoms with Crippen molar-refractivity contribution in [2.75, 3.05) is 0 Å². The molecule has 0 spiro atoms. The summed E-state index contributed by atoms with van der Waals surface area (Å²) in [5.74, 6) is -0.879. The monoisotopic (exact) mass is 375 g/mol. The molecule has 2 heterocycles. The van der Waals surface area contributed by atoms with Crippen LogP contribution in [0.1, 0.15) is 23.0 Å². The number of carbonyl (C=O) groups is 2. The van der Waals surface area contributed by atoms with Gasteiger partial charge in [-0.25, -0.2) is 5.10 Å². The fourth-order valence-corrected chi connectivity index (χ4v) is 3.23. The average molecular weight is 375 g/mol. The second-order valence-electron chi connectivity index (χ2n) is 6.47. The molecule has 7 heteroatoms. The van der Waals surface area contributed by atoms with Gasteiger partial charge in [0.1, 0.15) is 0 Å². The number of carbonyl (C=O) groups excluding carboxylic acids is 2. The number of ether oxygens (including phenoxy) is 1. The van der Waals surface area contributed by atoms with Crippen LogP contribution in [0.2, 0.25) is 0 Å². The molecule has 0 amide bonds. The number of aromatic nitrogens is 3. The van der Waals surface area contributed by atoms with Crippen LogP contribution in [0.4, 0.5) is 0 Å². The number of rotatable bonds is 5. The van der Waals surface area contributed by atoms with Crippen molar-refractivity contribution in [3.05, 3.63) is 76.3 Å². The van der Waals surface area contributed by atoms with Crippen LogP contribution in [0.5, 0.6) is 0 Å². The highest BCUT2D eigenvalue weighted by Crippen LogP contribution is 2.20. The number of para-hydroxylation sites is 1. The Morgan fingerprint density at radius 2 is 1.71 bits per heavy atom. The summed E-state index contributed by atoms with van der Waals surface area (Å²) in [5.41, 5.74) is 1.39. The maximum absolute atomic E-state index is 12.7. The zero-order valence-electron chi connectivity index (χ0n) is 15.1. The van der Waals surface area contributed by atoms with Gasteiger partial charge in [0.05, 0.1) is 17.5 Å². The molecule has 28 heavy (non-hydrogen) atoms. The summed E-state index contributed by atoms with van der Waals surface area (Å²) in [6.45, 7) is 1.54. The molecule has 140 valence electrons. The molecule has 4 aromatic rings. The number of hydrogen-bond acceptors (Lipinski definition) is 5. The molecule has 4 rings (SSSR count). The van der Waals surface area contributed by atoms with Crippen molar-refractivity contribution in [1.82, 2.24) is 15.2 Å². The molecule has 7 nitrogen and oxygen atoms in total. The van der Waals surface area contributed by atoms with Gasteiger partial charge in [-0.2, -0.15) is 5.10 Å². The molecule has 0 fully saturated rings. The molecule has 0 unspecified atom stereocenters. The first kappa shape index (κ1) is 17.7. The lowest BCUT2D eigenvalue weighted by Gasteiger charge is -2.12. The standard InChI is InChI=1S/C21H17N3O4/c1-12(20(26)16-11-22-17-9-5-4-7-14(16)17)28-19(25)10-18-13-6-2-3-8-15(13)21(27)24-23-18/h2-9,11-12,22H,10H2,1H3,(H,24,27)/t12-/m0/s1. The summed E-state index contributed by atoms with van der Waals surface area (Å²) in [7, 11) is 0. The zero-order valence-corrected chi connectivity index (χ0v) is 15.1. The first-order valence-electron chi connectivity index (χ1n) is 8.80. The van der Waals surface area contributed by atoms with Gasteiger partial charge in [0.2, 0.25) is 5.78 Å². The largest absolute Gasteiger partial charge is 0.454 e. The summed E-state index contributed by atoms with van der Waals surface area (Å²) in [4.78, 5) is 40.0. The lowest BCUT2D eigenvalue weighted by molar-refractivity contribution is -0.145. The van der Waals surface area contributed by atoms with Crippen molar-refractivity contribution < 1.29 is 14.3 Å². The average Bonchev–Trinajstić information content (AvgIpc) is 3.14. The molecular weight excluding hydrogens is 358 g/mol. The predicted molar refractivity (Wildman–Crippen MR) is 104 cm³/mol. The van der Waals surface area contributed by atoms with E-state index in [4.69, 9.17) is 4.74 Å². The van der Waals surface area contributed by atoms with Gasteiger partial charge >= 0.3 is 5.97 Å². The number of aromatic amines is 2. The van der Waals surface area contributed by atoms with Gasteiger partial charge in [-0.05, 0) is 19.1 Å². The molecular formula is C21H17N3O4. The minimum Gasteiger partial charge on any atom is -0.454 e. The maximum Gasteiger partial charge on any atom is 0.312 e. The van der Waals surface area contributed by atoms with Crippen LogP contribution in [0, 0.1) is 0 Å². The first-order chi connectivity index (χ1) is 13.5. The Kier molecular flexibility index (Phi) is 4.49. The van der Waals surface area contributed by atoms with E-state index < -0.39 is 12.1 Å². The number of Topliss-reactive ketones (excluding diaryl/α,β-unsaturated/α-hetero) is 1. The fourth-order valence-electron chi connectivity index (χ4n) is 3.23. The molecule has 0 bridgehead atoms. The van der Waals surface area contributed by atoms with Crippen LogP contribution >= 0.6 is 0 Å². The summed E-state index contributed by atoms with van der Waals surface area (Å²) in [6, 6.07) is 14.3. The molecule has 0 saturated heterocycles. The molecule has 0 aliphatic heterocycles. The van der Waals surface area contributed by atoms with Crippen LogP contribution in [0.3, 0.4) is 0 Å². The topological polar surface area (TPSA) is 105 Å². The first-order valence-corrected chi connectivity index (χ1v) is 8.80. The Balaban J connectivity index is 1.52. The van der Waals surface area contributed by atoms with Gasteiger partial charge in [0, 0.05) is 28.0 Å². The SMILES string of the molecule is C[C@H](OC(=O)Cc1n[nH]c(=O)c2ccccc12)C(=O)c1c[nH]c2ccccc12. The molecule has 2 aromatic heterocycles. The van der Waals surface area contributed by atoms with Gasteiger partial charge < -0.3 is 9.72 Å². The number of H-pyrrole nitrogens is 2. The van der Waals surface area contributed by atoms with E-state index in [1.807, 2.05) is 24.3 Å². The Morgan fingerprint density at radius 1 is 1.04 bits per heavy atom. The minimum atomic E-state index is -0.944. The summed E-state index contributed by atoms with van der Waals surface area (Å²) < 4.78 is 5.33. The van der Waals surface area contributed by atoms with E-state index in [1.165, 1.54) is 0 Å². The molecule has 2 N–H and O–H groups in total. The van der Waals surface area contributed by atoms with E-state index >= 15 is 0 Å². The minimum absolute atomic E-state index is 0.150. The fraction of sp³-hybridized carbons (Fsp3) is 0.143. The van der Waals surface area contributed by atoms with E-state index in [2.05, 4.69) is 15.2 Å². The second-order valence-corrected chi connectivity index (χ2v) is 6.47. The van der Waals surface area contributed by atoms with E-state index in [-0.39, 0.29) is 17.8 Å². The van der Waals surface area contributed by atoms with Crippen molar-refractivity contribution >= 4 is 33.4 Å². The number of benzene rings is 2. The zero-order chi connectivity index (χ0) is 19.7. The Labute approximate surface area is 159 Å².